The van der Waals surface area contributed by atoms with Gasteiger partial charge in [0.2, 0.25) is 11.8 Å². The molecule has 8 heteroatoms. The van der Waals surface area contributed by atoms with E-state index in [1.165, 1.54) is 11.8 Å². The number of benzene rings is 2. The number of hydrogen-bond acceptors (Lipinski definition) is 5. The number of amides is 3. The average molecular weight is 508 g/mol. The summed E-state index contributed by atoms with van der Waals surface area (Å²) in [5.74, 6) is -1.09. The lowest BCUT2D eigenvalue weighted by Gasteiger charge is -2.33. The van der Waals surface area contributed by atoms with Gasteiger partial charge in [-0.15, -0.1) is 0 Å². The van der Waals surface area contributed by atoms with Crippen molar-refractivity contribution in [2.75, 3.05) is 11.4 Å². The van der Waals surface area contributed by atoms with Gasteiger partial charge in [-0.25, -0.2) is 4.79 Å². The number of anilines is 1. The number of carbonyl (C=O) groups excluding carboxylic acids is 4. The molecule has 1 fully saturated rings. The first-order valence-electron chi connectivity index (χ1n) is 12.8. The summed E-state index contributed by atoms with van der Waals surface area (Å²) in [5.41, 5.74) is 0.336. The quantitative estimate of drug-likeness (QED) is 0.508. The SMILES string of the molecule is CC(=O)N(c1ccccc1C(=O)c1ccccc1)C(CNC(=O)OC(C)(C)C)C(=O)NC1CCCCC1. The summed E-state index contributed by atoms with van der Waals surface area (Å²) in [6.45, 7) is 6.40. The molecule has 1 unspecified atom stereocenters. The van der Waals surface area contributed by atoms with Crippen LogP contribution in [-0.2, 0) is 14.3 Å². The summed E-state index contributed by atoms with van der Waals surface area (Å²) in [6, 6.07) is 14.4. The molecule has 37 heavy (non-hydrogen) atoms. The van der Waals surface area contributed by atoms with Crippen LogP contribution in [0.1, 0.15) is 75.7 Å². The summed E-state index contributed by atoms with van der Waals surface area (Å²) in [4.78, 5) is 53.8. The third-order valence-electron chi connectivity index (χ3n) is 6.19. The molecule has 0 aromatic heterocycles. The van der Waals surface area contributed by atoms with E-state index in [-0.39, 0.29) is 29.8 Å². The van der Waals surface area contributed by atoms with Gasteiger partial charge in [0.05, 0.1) is 12.2 Å². The van der Waals surface area contributed by atoms with Crippen molar-refractivity contribution in [1.29, 1.82) is 0 Å². The molecule has 198 valence electrons. The number of carbonyl (C=O) groups is 4. The smallest absolute Gasteiger partial charge is 0.407 e. The number of nitrogens with one attached hydrogen (secondary N) is 2. The Hall–Kier alpha value is -3.68. The molecule has 0 radical (unpaired) electrons. The van der Waals surface area contributed by atoms with Crippen LogP contribution in [0.15, 0.2) is 54.6 Å². The summed E-state index contributed by atoms with van der Waals surface area (Å²) < 4.78 is 5.34. The minimum atomic E-state index is -1.09. The number of nitrogens with zero attached hydrogens (tertiary/aromatic N) is 1. The van der Waals surface area contributed by atoms with E-state index in [2.05, 4.69) is 10.6 Å². The van der Waals surface area contributed by atoms with Gasteiger partial charge in [-0.05, 0) is 45.7 Å². The zero-order chi connectivity index (χ0) is 27.0. The zero-order valence-corrected chi connectivity index (χ0v) is 22.1. The lowest BCUT2D eigenvalue weighted by molar-refractivity contribution is -0.126. The Bertz CT molecular complexity index is 1100. The lowest BCUT2D eigenvalue weighted by Crippen LogP contribution is -2.57. The fraction of sp³-hybridized carbons (Fsp3) is 0.448. The van der Waals surface area contributed by atoms with Crippen LogP contribution < -0.4 is 15.5 Å². The van der Waals surface area contributed by atoms with Gasteiger partial charge < -0.3 is 15.4 Å². The van der Waals surface area contributed by atoms with E-state index in [1.807, 2.05) is 6.07 Å². The maximum Gasteiger partial charge on any atom is 0.407 e. The molecule has 1 aliphatic rings. The highest BCUT2D eigenvalue weighted by Gasteiger charge is 2.34. The molecule has 1 saturated carbocycles. The molecule has 3 rings (SSSR count). The van der Waals surface area contributed by atoms with E-state index in [9.17, 15) is 19.2 Å². The standard InChI is InChI=1S/C29H37N3O5/c1-20(33)32(24-18-12-11-17-23(24)26(34)21-13-7-5-8-14-21)25(19-30-28(36)37-29(2,3)4)27(35)31-22-15-9-6-10-16-22/h5,7-8,11-14,17-18,22,25H,6,9-10,15-16,19H2,1-4H3,(H,30,36)(H,31,35). The predicted molar refractivity (Wildman–Crippen MR) is 143 cm³/mol. The number of ketones is 1. The molecule has 0 heterocycles. The number of ether oxygens (including phenoxy) is 1. The Balaban J connectivity index is 1.96. The van der Waals surface area contributed by atoms with Gasteiger partial charge in [0.1, 0.15) is 11.6 Å². The summed E-state index contributed by atoms with van der Waals surface area (Å²) in [6.07, 6.45) is 4.21. The molecule has 0 saturated heterocycles. The van der Waals surface area contributed by atoms with Crippen molar-refractivity contribution in [2.45, 2.75) is 77.5 Å². The molecule has 0 aliphatic heterocycles. The molecule has 2 aromatic carbocycles. The topological polar surface area (TPSA) is 105 Å². The van der Waals surface area contributed by atoms with Crippen LogP contribution in [0.5, 0.6) is 0 Å². The normalized spacial score (nSPS) is 14.8. The number of alkyl carbamates (subject to hydrolysis) is 1. The van der Waals surface area contributed by atoms with Crippen molar-refractivity contribution in [3.63, 3.8) is 0 Å². The van der Waals surface area contributed by atoms with Crippen molar-refractivity contribution in [3.8, 4) is 0 Å². The lowest BCUT2D eigenvalue weighted by atomic mass is 9.95. The zero-order valence-electron chi connectivity index (χ0n) is 22.1. The van der Waals surface area contributed by atoms with Gasteiger partial charge in [0.25, 0.3) is 0 Å². The third-order valence-corrected chi connectivity index (χ3v) is 6.19. The fourth-order valence-corrected chi connectivity index (χ4v) is 4.52. The summed E-state index contributed by atoms with van der Waals surface area (Å²) in [7, 11) is 0. The third kappa shape index (κ3) is 7.90. The summed E-state index contributed by atoms with van der Waals surface area (Å²) >= 11 is 0. The number of hydrogen-bond donors (Lipinski definition) is 2. The first-order valence-corrected chi connectivity index (χ1v) is 12.8. The molecule has 2 N–H and O–H groups in total. The highest BCUT2D eigenvalue weighted by Crippen LogP contribution is 2.26. The van der Waals surface area contributed by atoms with Crippen LogP contribution in [-0.4, -0.2) is 47.9 Å². The molecule has 8 nitrogen and oxygen atoms in total. The highest BCUT2D eigenvalue weighted by atomic mass is 16.6. The molecule has 2 aromatic rings. The van der Waals surface area contributed by atoms with Crippen molar-refractivity contribution in [2.24, 2.45) is 0 Å². The highest BCUT2D eigenvalue weighted by molar-refractivity contribution is 6.15. The molecule has 1 aliphatic carbocycles. The van der Waals surface area contributed by atoms with Crippen molar-refractivity contribution < 1.29 is 23.9 Å². The van der Waals surface area contributed by atoms with Gasteiger partial charge >= 0.3 is 6.09 Å². The Morgan fingerprint density at radius 1 is 0.946 bits per heavy atom. The molecule has 0 bridgehead atoms. The Labute approximate surface area is 218 Å². The first-order chi connectivity index (χ1) is 17.6. The second-order valence-electron chi connectivity index (χ2n) is 10.3. The maximum absolute atomic E-state index is 13.6. The van der Waals surface area contributed by atoms with Gasteiger partial charge in [0.15, 0.2) is 5.78 Å². The molecular weight excluding hydrogens is 470 g/mol. The number of rotatable bonds is 8. The van der Waals surface area contributed by atoms with E-state index in [4.69, 9.17) is 4.74 Å². The van der Waals surface area contributed by atoms with Gasteiger partial charge in [-0.3, -0.25) is 19.3 Å². The Morgan fingerprint density at radius 2 is 1.57 bits per heavy atom. The minimum Gasteiger partial charge on any atom is -0.444 e. The average Bonchev–Trinajstić information content (AvgIpc) is 2.86. The predicted octanol–water partition coefficient (Wildman–Crippen LogP) is 4.61. The van der Waals surface area contributed by atoms with E-state index >= 15 is 0 Å². The van der Waals surface area contributed by atoms with Gasteiger partial charge in [-0.2, -0.15) is 0 Å². The second-order valence-corrected chi connectivity index (χ2v) is 10.3. The van der Waals surface area contributed by atoms with Crippen LogP contribution >= 0.6 is 0 Å². The Kier molecular flexibility index (Phi) is 9.44. The molecule has 0 spiro atoms. The Morgan fingerprint density at radius 3 is 2.19 bits per heavy atom. The molecule has 1 atom stereocenters. The van der Waals surface area contributed by atoms with E-state index < -0.39 is 23.6 Å². The van der Waals surface area contributed by atoms with Crippen LogP contribution in [0.3, 0.4) is 0 Å². The van der Waals surface area contributed by atoms with E-state index in [0.29, 0.717) is 11.3 Å². The maximum atomic E-state index is 13.6. The monoisotopic (exact) mass is 507 g/mol. The first kappa shape index (κ1) is 27.9. The van der Waals surface area contributed by atoms with Crippen LogP contribution in [0, 0.1) is 0 Å². The largest absolute Gasteiger partial charge is 0.444 e. The summed E-state index contributed by atoms with van der Waals surface area (Å²) in [5, 5.41) is 5.71. The molecular formula is C29H37N3O5. The van der Waals surface area contributed by atoms with E-state index in [1.54, 1.807) is 69.3 Å². The van der Waals surface area contributed by atoms with Crippen molar-refractivity contribution in [1.82, 2.24) is 10.6 Å². The molecule has 3 amide bonds. The fourth-order valence-electron chi connectivity index (χ4n) is 4.52. The minimum absolute atomic E-state index is 0.000259. The van der Waals surface area contributed by atoms with Crippen molar-refractivity contribution in [3.05, 3.63) is 65.7 Å². The van der Waals surface area contributed by atoms with Crippen molar-refractivity contribution >= 4 is 29.4 Å². The second kappa shape index (κ2) is 12.5. The van der Waals surface area contributed by atoms with Gasteiger partial charge in [0, 0.05) is 24.1 Å². The van der Waals surface area contributed by atoms with E-state index in [0.717, 1.165) is 32.1 Å². The van der Waals surface area contributed by atoms with Crippen LogP contribution in [0.25, 0.3) is 0 Å². The van der Waals surface area contributed by atoms with Gasteiger partial charge in [-0.1, -0.05) is 61.7 Å². The van der Waals surface area contributed by atoms with Crippen LogP contribution in [0.2, 0.25) is 0 Å². The van der Waals surface area contributed by atoms with Crippen LogP contribution in [0.4, 0.5) is 10.5 Å². The number of para-hydroxylation sites is 1.